The van der Waals surface area contributed by atoms with E-state index in [1.54, 1.807) is 5.01 Å². The summed E-state index contributed by atoms with van der Waals surface area (Å²) in [5.74, 6) is 2.78. The van der Waals surface area contributed by atoms with Gasteiger partial charge in [-0.1, -0.05) is 31.0 Å². The molecule has 0 atom stereocenters. The van der Waals surface area contributed by atoms with Gasteiger partial charge in [0.15, 0.2) is 10.3 Å². The van der Waals surface area contributed by atoms with Gasteiger partial charge in [0.1, 0.15) is 28.3 Å². The van der Waals surface area contributed by atoms with Gasteiger partial charge in [-0.3, -0.25) is 10.2 Å². The van der Waals surface area contributed by atoms with Crippen LogP contribution in [0.1, 0.15) is 59.6 Å². The summed E-state index contributed by atoms with van der Waals surface area (Å²) in [4.78, 5) is 50.2. The van der Waals surface area contributed by atoms with Crippen LogP contribution in [0.2, 0.25) is 0 Å². The van der Waals surface area contributed by atoms with Crippen LogP contribution < -0.4 is 26.3 Å². The fourth-order valence-corrected chi connectivity index (χ4v) is 10.6. The lowest BCUT2D eigenvalue weighted by Gasteiger charge is -2.37. The van der Waals surface area contributed by atoms with Crippen LogP contribution >= 0.6 is 34.9 Å². The van der Waals surface area contributed by atoms with Gasteiger partial charge in [0.2, 0.25) is 0 Å². The molecule has 0 unspecified atom stereocenters. The lowest BCUT2D eigenvalue weighted by molar-refractivity contribution is 0.179. The quantitative estimate of drug-likeness (QED) is 0.0501. The van der Waals surface area contributed by atoms with Crippen molar-refractivity contribution in [3.05, 3.63) is 125 Å². The summed E-state index contributed by atoms with van der Waals surface area (Å²) in [5.41, 5.74) is 6.41. The molecule has 1 aliphatic carbocycles. The van der Waals surface area contributed by atoms with Crippen LogP contribution in [0.4, 0.5) is 49.2 Å². The highest BCUT2D eigenvalue weighted by atomic mass is 32.2. The zero-order chi connectivity index (χ0) is 45.9. The van der Waals surface area contributed by atoms with Crippen molar-refractivity contribution in [2.75, 3.05) is 26.3 Å². The van der Waals surface area contributed by atoms with Crippen molar-refractivity contribution >= 4 is 96.7 Å². The van der Waals surface area contributed by atoms with Crippen molar-refractivity contribution in [1.82, 2.24) is 45.3 Å². The number of carbonyl (C=O) groups is 2. The molecule has 6 N–H and O–H groups in total. The van der Waals surface area contributed by atoms with Crippen LogP contribution in [0.15, 0.2) is 111 Å². The largest absolute Gasteiger partial charge is 0.346 e. The topological polar surface area (TPSA) is 198 Å². The van der Waals surface area contributed by atoms with E-state index in [1.165, 1.54) is 39.9 Å². The Labute approximate surface area is 394 Å². The predicted molar refractivity (Wildman–Crippen MR) is 264 cm³/mol. The highest BCUT2D eigenvalue weighted by molar-refractivity contribution is 7.99. The number of fused-ring (bicyclic) bond motifs is 1. The van der Waals surface area contributed by atoms with E-state index in [4.69, 9.17) is 9.97 Å². The van der Waals surface area contributed by atoms with Gasteiger partial charge < -0.3 is 21.3 Å². The smallest absolute Gasteiger partial charge is 0.325 e. The fourth-order valence-electron chi connectivity index (χ4n) is 7.73. The van der Waals surface area contributed by atoms with Gasteiger partial charge in [-0.15, -0.1) is 11.3 Å². The first-order chi connectivity index (χ1) is 31.9. The number of nitrogens with zero attached hydrogens (tertiary/aromatic N) is 8. The highest BCUT2D eigenvalue weighted by Gasteiger charge is 2.37. The molecule has 0 spiro atoms. The molecule has 4 amide bonds. The maximum Gasteiger partial charge on any atom is 0.346 e. The molecule has 0 saturated heterocycles. The Balaban J connectivity index is 0.952. The van der Waals surface area contributed by atoms with Crippen molar-refractivity contribution in [1.29, 1.82) is 0 Å². The second-order valence-corrected chi connectivity index (χ2v) is 19.3. The molecular formula is C47H48N14O2S3. The molecule has 5 aromatic heterocycles. The molecule has 0 bridgehead atoms. The number of anilines is 7. The van der Waals surface area contributed by atoms with E-state index in [0.717, 1.165) is 91.1 Å². The summed E-state index contributed by atoms with van der Waals surface area (Å²) >= 11 is 4.35. The van der Waals surface area contributed by atoms with Gasteiger partial charge in [-0.25, -0.2) is 34.5 Å². The molecule has 0 aliphatic heterocycles. The summed E-state index contributed by atoms with van der Waals surface area (Å²) < 4.78 is 1.01. The Morgan fingerprint density at radius 1 is 0.621 bits per heavy atom. The van der Waals surface area contributed by atoms with E-state index >= 15 is 0 Å². The molecule has 19 heteroatoms. The Kier molecular flexibility index (Phi) is 12.9. The van der Waals surface area contributed by atoms with Crippen molar-refractivity contribution in [2.45, 2.75) is 93.4 Å². The maximum absolute atomic E-state index is 14.8. The standard InChI is InChI=1S/C47H48N14O2S3/c1-26-19-33(15-17-36(26)65-44-48-28(3)21-39(54-44)52-41-23-30(5)56-58-41)50-46(62)60(35-12-8-9-13-35)61(43-25-32-11-7-10-14-38(32)64-43)47(63)51-34-16-18-37(27(2)20-34)66-45-49-29(4)22-40(55-45)53-42-24-31(6)57-59-42/h7,10-11,14-25,35H,8-9,12-13H2,1-6H3,(H,50,62)(H,51,63)(H2,48,52,54,56,58)(H2,49,53,55,57,59). The predicted octanol–water partition coefficient (Wildman–Crippen LogP) is 12.0. The van der Waals surface area contributed by atoms with Gasteiger partial charge in [0, 0.05) is 61.5 Å². The molecule has 0 radical (unpaired) electrons. The zero-order valence-corrected chi connectivity index (χ0v) is 39.6. The average molecular weight is 937 g/mol. The third kappa shape index (κ3) is 10.4. The molecule has 1 fully saturated rings. The highest BCUT2D eigenvalue weighted by Crippen LogP contribution is 2.38. The SMILES string of the molecule is Cc1cc(Nc2cc(C)nc(Sc3ccc(NC(=O)N(c4cc5ccccc5s4)N(C(=O)Nc4ccc(Sc5nc(C)cc(Nc6cc(C)n[nH]6)n5)c(C)c4)C4CCCC4)cc3C)n2)[nH]n1. The third-order valence-electron chi connectivity index (χ3n) is 10.8. The third-order valence-corrected chi connectivity index (χ3v) is 13.9. The summed E-state index contributed by atoms with van der Waals surface area (Å²) in [6.07, 6.45) is 3.42. The van der Waals surface area contributed by atoms with E-state index in [2.05, 4.69) is 51.6 Å². The number of hydrogen-bond donors (Lipinski definition) is 6. The van der Waals surface area contributed by atoms with Crippen LogP contribution in [-0.4, -0.2) is 63.4 Å². The monoisotopic (exact) mass is 936 g/mol. The molecule has 16 nitrogen and oxygen atoms in total. The van der Waals surface area contributed by atoms with E-state index in [9.17, 15) is 9.59 Å². The average Bonchev–Trinajstić information content (AvgIpc) is 4.11. The maximum atomic E-state index is 14.8. The summed E-state index contributed by atoms with van der Waals surface area (Å²) in [5, 5.41) is 33.0. The van der Waals surface area contributed by atoms with Crippen LogP contribution in [0, 0.1) is 41.5 Å². The Morgan fingerprint density at radius 2 is 1.15 bits per heavy atom. The summed E-state index contributed by atoms with van der Waals surface area (Å²) in [6, 6.07) is 27.9. The van der Waals surface area contributed by atoms with Gasteiger partial charge in [-0.2, -0.15) is 15.2 Å². The van der Waals surface area contributed by atoms with Gasteiger partial charge in [-0.05, 0) is 143 Å². The van der Waals surface area contributed by atoms with Crippen LogP contribution in [0.3, 0.4) is 0 Å². The fraction of sp³-hybridized carbons (Fsp3) is 0.234. The summed E-state index contributed by atoms with van der Waals surface area (Å²) in [6.45, 7) is 11.7. The van der Waals surface area contributed by atoms with E-state index in [1.807, 2.05) is 133 Å². The number of amides is 4. The first kappa shape index (κ1) is 44.3. The molecule has 9 rings (SSSR count). The normalized spacial score (nSPS) is 12.6. The number of rotatable bonds is 12. The molecule has 1 aliphatic rings. The first-order valence-electron chi connectivity index (χ1n) is 21.5. The van der Waals surface area contributed by atoms with Crippen LogP contribution in [0.25, 0.3) is 10.1 Å². The Morgan fingerprint density at radius 3 is 1.65 bits per heavy atom. The molecule has 3 aromatic carbocycles. The molecule has 66 heavy (non-hydrogen) atoms. The molecule has 336 valence electrons. The van der Waals surface area contributed by atoms with E-state index in [-0.39, 0.29) is 6.04 Å². The molecule has 1 saturated carbocycles. The first-order valence-corrected chi connectivity index (χ1v) is 23.9. The summed E-state index contributed by atoms with van der Waals surface area (Å²) in [7, 11) is 0. The van der Waals surface area contributed by atoms with Crippen LogP contribution in [-0.2, 0) is 0 Å². The lowest BCUT2D eigenvalue weighted by atomic mass is 10.2. The number of urea groups is 2. The van der Waals surface area contributed by atoms with Crippen molar-refractivity contribution < 1.29 is 9.59 Å². The number of aromatic amines is 2. The van der Waals surface area contributed by atoms with Crippen LogP contribution in [0.5, 0.6) is 0 Å². The number of benzene rings is 3. The number of hydrazine groups is 1. The van der Waals surface area contributed by atoms with E-state index in [0.29, 0.717) is 38.3 Å². The molecular weight excluding hydrogens is 889 g/mol. The minimum Gasteiger partial charge on any atom is -0.325 e. The number of aromatic nitrogens is 8. The minimum atomic E-state index is -0.451. The zero-order valence-electron chi connectivity index (χ0n) is 37.2. The van der Waals surface area contributed by atoms with Crippen molar-refractivity contribution in [3.8, 4) is 0 Å². The number of aryl methyl sites for hydroxylation is 6. The number of H-pyrrole nitrogens is 2. The number of carbonyl (C=O) groups excluding carboxylic acids is 2. The number of hydrogen-bond acceptors (Lipinski definition) is 13. The van der Waals surface area contributed by atoms with Crippen molar-refractivity contribution in [2.24, 2.45) is 0 Å². The number of nitrogens with one attached hydrogen (secondary N) is 6. The van der Waals surface area contributed by atoms with E-state index < -0.39 is 12.1 Å². The second kappa shape index (κ2) is 19.3. The van der Waals surface area contributed by atoms with Gasteiger partial charge >= 0.3 is 12.1 Å². The molecule has 5 heterocycles. The Hall–Kier alpha value is -6.96. The lowest BCUT2D eigenvalue weighted by Crippen LogP contribution is -2.56. The van der Waals surface area contributed by atoms with Gasteiger partial charge in [0.05, 0.1) is 17.4 Å². The number of thiophene rings is 1. The second-order valence-electron chi connectivity index (χ2n) is 16.2. The molecule has 8 aromatic rings. The minimum absolute atomic E-state index is 0.213. The van der Waals surface area contributed by atoms with Crippen molar-refractivity contribution in [3.63, 3.8) is 0 Å². The Bertz CT molecular complexity index is 3040. The van der Waals surface area contributed by atoms with Gasteiger partial charge in [0.25, 0.3) is 0 Å².